The minimum atomic E-state index is -3.74. The van der Waals surface area contributed by atoms with Gasteiger partial charge < -0.3 is 9.73 Å². The molecule has 1 amide bonds. The average Bonchev–Trinajstić information content (AvgIpc) is 3.10. The van der Waals surface area contributed by atoms with Gasteiger partial charge in [0, 0.05) is 5.56 Å². The number of hydrogen-bond donors (Lipinski definition) is 2. The number of furan rings is 1. The summed E-state index contributed by atoms with van der Waals surface area (Å²) in [6.45, 7) is 5.48. The highest BCUT2D eigenvalue weighted by atomic mass is 32.2. The Bertz CT molecular complexity index is 1090. The summed E-state index contributed by atoms with van der Waals surface area (Å²) in [5.41, 5.74) is 1.71. The number of rotatable bonds is 6. The highest BCUT2D eigenvalue weighted by molar-refractivity contribution is 7.92. The van der Waals surface area contributed by atoms with E-state index >= 15 is 0 Å². The first kappa shape index (κ1) is 19.7. The lowest BCUT2D eigenvalue weighted by Crippen LogP contribution is -2.26. The zero-order valence-corrected chi connectivity index (χ0v) is 16.7. The summed E-state index contributed by atoms with van der Waals surface area (Å²) in [5.74, 6) is 1.12. The van der Waals surface area contributed by atoms with Gasteiger partial charge in [0.1, 0.15) is 11.5 Å². The van der Waals surface area contributed by atoms with Crippen LogP contribution in [-0.2, 0) is 10.0 Å². The van der Waals surface area contributed by atoms with E-state index in [1.165, 1.54) is 24.3 Å². The molecule has 0 aliphatic carbocycles. The maximum absolute atomic E-state index is 12.6. The van der Waals surface area contributed by atoms with Gasteiger partial charge in [-0.3, -0.25) is 9.52 Å². The van der Waals surface area contributed by atoms with Crippen LogP contribution < -0.4 is 10.0 Å². The van der Waals surface area contributed by atoms with Crippen molar-refractivity contribution < 1.29 is 17.6 Å². The molecular weight excluding hydrogens is 376 g/mol. The molecule has 1 atom stereocenters. The Morgan fingerprint density at radius 3 is 2.25 bits per heavy atom. The SMILES string of the molecule is Cc1ccc(C(C)NC(=O)c2ccc(S(=O)(=O)Nc3ccccc3C)cc2)o1. The molecule has 2 aromatic carbocycles. The van der Waals surface area contributed by atoms with Crippen LogP contribution in [0.1, 0.15) is 40.4 Å². The number of hydrogen-bond acceptors (Lipinski definition) is 4. The Kier molecular flexibility index (Phi) is 5.56. The lowest BCUT2D eigenvalue weighted by molar-refractivity contribution is 0.0935. The molecule has 0 spiro atoms. The molecule has 0 fully saturated rings. The van der Waals surface area contributed by atoms with Gasteiger partial charge in [0.15, 0.2) is 0 Å². The first-order chi connectivity index (χ1) is 13.3. The van der Waals surface area contributed by atoms with E-state index in [1.807, 2.05) is 45.0 Å². The first-order valence-corrected chi connectivity index (χ1v) is 10.3. The van der Waals surface area contributed by atoms with E-state index in [-0.39, 0.29) is 16.8 Å². The van der Waals surface area contributed by atoms with Crippen LogP contribution in [0, 0.1) is 13.8 Å². The van der Waals surface area contributed by atoms with Gasteiger partial charge in [0.2, 0.25) is 0 Å². The van der Waals surface area contributed by atoms with E-state index in [9.17, 15) is 13.2 Å². The summed E-state index contributed by atoms with van der Waals surface area (Å²) >= 11 is 0. The van der Waals surface area contributed by atoms with Crippen molar-refractivity contribution in [1.29, 1.82) is 0 Å². The van der Waals surface area contributed by atoms with Crippen molar-refractivity contribution in [3.8, 4) is 0 Å². The second-order valence-electron chi connectivity index (χ2n) is 6.59. The van der Waals surface area contributed by atoms with Crippen LogP contribution in [0.15, 0.2) is 70.0 Å². The monoisotopic (exact) mass is 398 g/mol. The Morgan fingerprint density at radius 2 is 1.64 bits per heavy atom. The van der Waals surface area contributed by atoms with E-state index in [4.69, 9.17) is 4.42 Å². The Balaban J connectivity index is 1.71. The Labute approximate surface area is 164 Å². The quantitative estimate of drug-likeness (QED) is 0.652. The number of amides is 1. The zero-order chi connectivity index (χ0) is 20.3. The normalized spacial score (nSPS) is 12.4. The molecule has 0 saturated carbocycles. The van der Waals surface area contributed by atoms with Crippen LogP contribution in [-0.4, -0.2) is 14.3 Å². The maximum atomic E-state index is 12.6. The van der Waals surface area contributed by atoms with Crippen molar-refractivity contribution in [2.75, 3.05) is 4.72 Å². The van der Waals surface area contributed by atoms with Gasteiger partial charge in [-0.25, -0.2) is 8.42 Å². The van der Waals surface area contributed by atoms with E-state index < -0.39 is 10.0 Å². The molecule has 0 saturated heterocycles. The number of sulfonamides is 1. The van der Waals surface area contributed by atoms with Crippen LogP contribution in [0.2, 0.25) is 0 Å². The molecule has 3 rings (SSSR count). The number of carbonyl (C=O) groups is 1. The van der Waals surface area contributed by atoms with Crippen LogP contribution in [0.4, 0.5) is 5.69 Å². The van der Waals surface area contributed by atoms with E-state index in [0.717, 1.165) is 11.3 Å². The largest absolute Gasteiger partial charge is 0.464 e. The van der Waals surface area contributed by atoms with Crippen LogP contribution in [0.3, 0.4) is 0 Å². The second kappa shape index (κ2) is 7.90. The fraction of sp³-hybridized carbons (Fsp3) is 0.190. The van der Waals surface area contributed by atoms with Crippen LogP contribution in [0.5, 0.6) is 0 Å². The van der Waals surface area contributed by atoms with Crippen LogP contribution in [0.25, 0.3) is 0 Å². The fourth-order valence-electron chi connectivity index (χ4n) is 2.71. The Morgan fingerprint density at radius 1 is 0.964 bits per heavy atom. The zero-order valence-electron chi connectivity index (χ0n) is 15.9. The summed E-state index contributed by atoms with van der Waals surface area (Å²) in [5, 5.41) is 2.83. The Hall–Kier alpha value is -3.06. The third-order valence-corrected chi connectivity index (χ3v) is 5.73. The summed E-state index contributed by atoms with van der Waals surface area (Å²) in [4.78, 5) is 12.5. The van der Waals surface area contributed by atoms with Gasteiger partial charge in [-0.15, -0.1) is 0 Å². The average molecular weight is 398 g/mol. The predicted octanol–water partition coefficient (Wildman–Crippen LogP) is 4.19. The maximum Gasteiger partial charge on any atom is 0.261 e. The minimum absolute atomic E-state index is 0.0852. The first-order valence-electron chi connectivity index (χ1n) is 8.82. The van der Waals surface area contributed by atoms with Crippen molar-refractivity contribution in [1.82, 2.24) is 5.32 Å². The molecule has 0 radical (unpaired) electrons. The molecule has 1 aromatic heterocycles. The molecule has 7 heteroatoms. The van der Waals surface area contributed by atoms with Crippen molar-refractivity contribution in [2.24, 2.45) is 0 Å². The fourth-order valence-corrected chi connectivity index (χ4v) is 3.84. The topological polar surface area (TPSA) is 88.4 Å². The van der Waals surface area contributed by atoms with Gasteiger partial charge in [-0.05, 0) is 68.8 Å². The van der Waals surface area contributed by atoms with Crippen LogP contribution >= 0.6 is 0 Å². The molecule has 0 aliphatic rings. The van der Waals surface area contributed by atoms with E-state index in [1.54, 1.807) is 12.1 Å². The van der Waals surface area contributed by atoms with Crippen molar-refractivity contribution in [3.63, 3.8) is 0 Å². The molecule has 2 N–H and O–H groups in total. The molecule has 28 heavy (non-hydrogen) atoms. The molecule has 1 unspecified atom stereocenters. The van der Waals surface area contributed by atoms with Gasteiger partial charge in [-0.2, -0.15) is 0 Å². The summed E-state index contributed by atoms with van der Waals surface area (Å²) in [6, 6.07) is 16.3. The lowest BCUT2D eigenvalue weighted by Gasteiger charge is -2.13. The number of aryl methyl sites for hydroxylation is 2. The van der Waals surface area contributed by atoms with Gasteiger partial charge in [-0.1, -0.05) is 18.2 Å². The molecule has 0 aliphatic heterocycles. The van der Waals surface area contributed by atoms with Crippen molar-refractivity contribution in [3.05, 3.63) is 83.3 Å². The number of carbonyl (C=O) groups excluding carboxylic acids is 1. The van der Waals surface area contributed by atoms with Crippen molar-refractivity contribution >= 4 is 21.6 Å². The lowest BCUT2D eigenvalue weighted by atomic mass is 10.2. The molecular formula is C21H22N2O4S. The molecule has 1 heterocycles. The standard InChI is InChI=1S/C21H22N2O4S/c1-14-6-4-5-7-19(14)23-28(25,26)18-11-9-17(10-12-18)21(24)22-16(3)20-13-8-15(2)27-20/h4-13,16,23H,1-3H3,(H,22,24). The second-order valence-corrected chi connectivity index (χ2v) is 8.27. The molecule has 0 bridgehead atoms. The number of anilines is 1. The van der Waals surface area contributed by atoms with E-state index in [2.05, 4.69) is 10.0 Å². The summed E-state index contributed by atoms with van der Waals surface area (Å²) in [6.07, 6.45) is 0. The number of para-hydroxylation sites is 1. The molecule has 146 valence electrons. The highest BCUT2D eigenvalue weighted by Gasteiger charge is 2.18. The van der Waals surface area contributed by atoms with Gasteiger partial charge >= 0.3 is 0 Å². The van der Waals surface area contributed by atoms with Gasteiger partial charge in [0.05, 0.1) is 16.6 Å². The van der Waals surface area contributed by atoms with Gasteiger partial charge in [0.25, 0.3) is 15.9 Å². The third-order valence-electron chi connectivity index (χ3n) is 4.35. The number of nitrogens with one attached hydrogen (secondary N) is 2. The molecule has 3 aromatic rings. The summed E-state index contributed by atoms with van der Waals surface area (Å²) in [7, 11) is -3.74. The molecule has 6 nitrogen and oxygen atoms in total. The highest BCUT2D eigenvalue weighted by Crippen LogP contribution is 2.20. The predicted molar refractivity (Wildman–Crippen MR) is 108 cm³/mol. The summed E-state index contributed by atoms with van der Waals surface area (Å²) < 4.78 is 33.2. The van der Waals surface area contributed by atoms with E-state index in [0.29, 0.717) is 17.0 Å². The smallest absolute Gasteiger partial charge is 0.261 e. The van der Waals surface area contributed by atoms with Crippen molar-refractivity contribution in [2.45, 2.75) is 31.7 Å². The minimum Gasteiger partial charge on any atom is -0.464 e. The number of benzene rings is 2. The third kappa shape index (κ3) is 4.43.